The standard InChI is InChI=1S/C26H25F3N2O/c27-26(28,29)13-12-18-3-1-2-17(14-18)4-11-22-15-23(24(16-30)25(32)31-22)21-9-7-20(8-10-21)19-5-6-19/h1-3,7-10,14,19,22H,4-6,11-13,15H2,(H,31,32)/t22-/m0/s1. The normalized spacial score (nSPS) is 18.9. The molecule has 166 valence electrons. The highest BCUT2D eigenvalue weighted by Crippen LogP contribution is 2.40. The monoisotopic (exact) mass is 438 g/mol. The van der Waals surface area contributed by atoms with Gasteiger partial charge in [0, 0.05) is 12.5 Å². The van der Waals surface area contributed by atoms with Crippen molar-refractivity contribution >= 4 is 11.5 Å². The molecule has 1 saturated carbocycles. The van der Waals surface area contributed by atoms with Gasteiger partial charge in [-0.05, 0) is 72.3 Å². The number of aryl methyl sites for hydroxylation is 2. The van der Waals surface area contributed by atoms with E-state index in [9.17, 15) is 23.2 Å². The fourth-order valence-electron chi connectivity index (χ4n) is 4.29. The maximum atomic E-state index is 12.6. The average molecular weight is 438 g/mol. The van der Waals surface area contributed by atoms with Crippen LogP contribution in [0.4, 0.5) is 13.2 Å². The molecule has 0 saturated heterocycles. The lowest BCUT2D eigenvalue weighted by Crippen LogP contribution is -2.40. The molecular weight excluding hydrogens is 413 g/mol. The van der Waals surface area contributed by atoms with Gasteiger partial charge in [-0.2, -0.15) is 18.4 Å². The van der Waals surface area contributed by atoms with Crippen molar-refractivity contribution in [2.75, 3.05) is 0 Å². The molecule has 1 aliphatic heterocycles. The minimum Gasteiger partial charge on any atom is -0.348 e. The highest BCUT2D eigenvalue weighted by molar-refractivity contribution is 6.06. The second kappa shape index (κ2) is 9.20. The molecule has 1 aliphatic carbocycles. The van der Waals surface area contributed by atoms with Gasteiger partial charge < -0.3 is 5.32 Å². The molecule has 1 heterocycles. The molecule has 0 spiro atoms. The van der Waals surface area contributed by atoms with E-state index in [4.69, 9.17) is 0 Å². The first kappa shape index (κ1) is 22.1. The molecule has 0 bridgehead atoms. The van der Waals surface area contributed by atoms with Crippen LogP contribution in [0, 0.1) is 11.3 Å². The number of nitrogens with zero attached hydrogens (tertiary/aromatic N) is 1. The maximum Gasteiger partial charge on any atom is 0.389 e. The Morgan fingerprint density at radius 1 is 1.03 bits per heavy atom. The third-order valence-corrected chi connectivity index (χ3v) is 6.20. The first-order valence-electron chi connectivity index (χ1n) is 11.0. The summed E-state index contributed by atoms with van der Waals surface area (Å²) in [6, 6.07) is 17.3. The summed E-state index contributed by atoms with van der Waals surface area (Å²) in [5.74, 6) is 0.284. The third-order valence-electron chi connectivity index (χ3n) is 6.20. The van der Waals surface area contributed by atoms with Gasteiger partial charge in [-0.3, -0.25) is 4.79 Å². The van der Waals surface area contributed by atoms with E-state index in [0.717, 1.165) is 16.7 Å². The first-order valence-corrected chi connectivity index (χ1v) is 11.0. The Bertz CT molecular complexity index is 1060. The van der Waals surface area contributed by atoms with Gasteiger partial charge in [0.2, 0.25) is 0 Å². The zero-order valence-corrected chi connectivity index (χ0v) is 17.7. The van der Waals surface area contributed by atoms with E-state index in [-0.39, 0.29) is 23.9 Å². The van der Waals surface area contributed by atoms with Gasteiger partial charge in [0.15, 0.2) is 0 Å². The van der Waals surface area contributed by atoms with Crippen LogP contribution in [0.5, 0.6) is 0 Å². The van der Waals surface area contributed by atoms with Gasteiger partial charge in [-0.25, -0.2) is 0 Å². The zero-order valence-electron chi connectivity index (χ0n) is 17.7. The second-order valence-corrected chi connectivity index (χ2v) is 8.71. The number of amides is 1. The number of halogens is 3. The SMILES string of the molecule is N#CC1=C(c2ccc(C3CC3)cc2)C[C@H](CCc2cccc(CCC(F)(F)F)c2)NC1=O. The Kier molecular flexibility index (Phi) is 6.36. The fourth-order valence-corrected chi connectivity index (χ4v) is 4.29. The molecule has 1 atom stereocenters. The van der Waals surface area contributed by atoms with Crippen LogP contribution in [0.1, 0.15) is 60.3 Å². The van der Waals surface area contributed by atoms with E-state index in [1.165, 1.54) is 18.4 Å². The largest absolute Gasteiger partial charge is 0.389 e. The van der Waals surface area contributed by atoms with Crippen LogP contribution in [0.15, 0.2) is 54.1 Å². The quantitative estimate of drug-likeness (QED) is 0.589. The first-order chi connectivity index (χ1) is 15.3. The Balaban J connectivity index is 1.43. The molecule has 0 unspecified atom stereocenters. The summed E-state index contributed by atoms with van der Waals surface area (Å²) in [5, 5.41) is 12.4. The molecule has 2 aromatic rings. The summed E-state index contributed by atoms with van der Waals surface area (Å²) < 4.78 is 37.5. The Morgan fingerprint density at radius 2 is 1.72 bits per heavy atom. The van der Waals surface area contributed by atoms with Crippen molar-refractivity contribution in [2.24, 2.45) is 0 Å². The van der Waals surface area contributed by atoms with E-state index < -0.39 is 12.6 Å². The molecule has 0 aromatic heterocycles. The number of benzene rings is 2. The Morgan fingerprint density at radius 3 is 2.34 bits per heavy atom. The number of carbonyl (C=O) groups excluding carboxylic acids is 1. The number of hydrogen-bond acceptors (Lipinski definition) is 2. The van der Waals surface area contributed by atoms with E-state index in [2.05, 4.69) is 23.5 Å². The molecule has 2 aliphatic rings. The van der Waals surface area contributed by atoms with Crippen molar-refractivity contribution in [3.05, 3.63) is 76.4 Å². The summed E-state index contributed by atoms with van der Waals surface area (Å²) in [6.07, 6.45) is -0.754. The summed E-state index contributed by atoms with van der Waals surface area (Å²) in [4.78, 5) is 12.6. The number of alkyl halides is 3. The van der Waals surface area contributed by atoms with Crippen molar-refractivity contribution < 1.29 is 18.0 Å². The summed E-state index contributed by atoms with van der Waals surface area (Å²) in [7, 11) is 0. The van der Waals surface area contributed by atoms with Crippen molar-refractivity contribution in [1.29, 1.82) is 5.26 Å². The number of carbonyl (C=O) groups is 1. The number of nitrogens with one attached hydrogen (secondary N) is 1. The Hall–Kier alpha value is -3.07. The zero-order chi connectivity index (χ0) is 22.7. The molecule has 2 aromatic carbocycles. The van der Waals surface area contributed by atoms with Crippen LogP contribution in [-0.4, -0.2) is 18.1 Å². The molecular formula is C26H25F3N2O. The number of nitriles is 1. The van der Waals surface area contributed by atoms with Crippen LogP contribution < -0.4 is 5.32 Å². The second-order valence-electron chi connectivity index (χ2n) is 8.71. The van der Waals surface area contributed by atoms with E-state index >= 15 is 0 Å². The van der Waals surface area contributed by atoms with Gasteiger partial charge >= 0.3 is 6.18 Å². The average Bonchev–Trinajstić information content (AvgIpc) is 3.61. The minimum absolute atomic E-state index is 0.0349. The smallest absolute Gasteiger partial charge is 0.348 e. The molecule has 1 N–H and O–H groups in total. The summed E-state index contributed by atoms with van der Waals surface area (Å²) in [6.45, 7) is 0. The van der Waals surface area contributed by atoms with E-state index in [1.807, 2.05) is 24.3 Å². The highest BCUT2D eigenvalue weighted by atomic mass is 19.4. The topological polar surface area (TPSA) is 52.9 Å². The molecule has 4 rings (SSSR count). The molecule has 32 heavy (non-hydrogen) atoms. The van der Waals surface area contributed by atoms with Crippen LogP contribution in [0.3, 0.4) is 0 Å². The van der Waals surface area contributed by atoms with Crippen molar-refractivity contribution in [3.8, 4) is 6.07 Å². The molecule has 3 nitrogen and oxygen atoms in total. The molecule has 1 amide bonds. The van der Waals surface area contributed by atoms with E-state index in [1.54, 1.807) is 12.1 Å². The summed E-state index contributed by atoms with van der Waals surface area (Å²) in [5.41, 5.74) is 4.74. The number of hydrogen-bond donors (Lipinski definition) is 1. The number of rotatable bonds is 7. The van der Waals surface area contributed by atoms with Crippen molar-refractivity contribution in [1.82, 2.24) is 5.32 Å². The predicted octanol–water partition coefficient (Wildman–Crippen LogP) is 5.86. The molecule has 6 heteroatoms. The lowest BCUT2D eigenvalue weighted by Gasteiger charge is -2.26. The van der Waals surface area contributed by atoms with E-state index in [0.29, 0.717) is 30.7 Å². The Labute approximate surface area is 185 Å². The van der Waals surface area contributed by atoms with Crippen LogP contribution in [-0.2, 0) is 17.6 Å². The lowest BCUT2D eigenvalue weighted by atomic mass is 9.87. The fraction of sp³-hybridized carbons (Fsp3) is 0.385. The molecule has 1 fully saturated rings. The lowest BCUT2D eigenvalue weighted by molar-refractivity contribution is -0.134. The van der Waals surface area contributed by atoms with Gasteiger partial charge in [0.25, 0.3) is 5.91 Å². The molecule has 0 radical (unpaired) electrons. The summed E-state index contributed by atoms with van der Waals surface area (Å²) >= 11 is 0. The van der Waals surface area contributed by atoms with Crippen LogP contribution >= 0.6 is 0 Å². The highest BCUT2D eigenvalue weighted by Gasteiger charge is 2.29. The third kappa shape index (κ3) is 5.59. The van der Waals surface area contributed by atoms with Gasteiger partial charge in [-0.15, -0.1) is 0 Å². The minimum atomic E-state index is -4.17. The van der Waals surface area contributed by atoms with Crippen LogP contribution in [0.2, 0.25) is 0 Å². The van der Waals surface area contributed by atoms with Gasteiger partial charge in [0.1, 0.15) is 11.6 Å². The van der Waals surface area contributed by atoms with Crippen molar-refractivity contribution in [2.45, 2.75) is 63.1 Å². The predicted molar refractivity (Wildman–Crippen MR) is 117 cm³/mol. The van der Waals surface area contributed by atoms with Crippen molar-refractivity contribution in [3.63, 3.8) is 0 Å². The van der Waals surface area contributed by atoms with Crippen LogP contribution in [0.25, 0.3) is 5.57 Å². The van der Waals surface area contributed by atoms with Gasteiger partial charge in [-0.1, -0.05) is 48.5 Å². The maximum absolute atomic E-state index is 12.6. The van der Waals surface area contributed by atoms with Gasteiger partial charge in [0.05, 0.1) is 0 Å².